The van der Waals surface area contributed by atoms with Crippen LogP contribution in [0.2, 0.25) is 0 Å². The van der Waals surface area contributed by atoms with Gasteiger partial charge >= 0.3 is 12.5 Å². The Balaban J connectivity index is 2.03. The number of anilines is 3. The molecule has 0 saturated carbocycles. The second kappa shape index (κ2) is 9.16. The lowest BCUT2D eigenvalue weighted by Gasteiger charge is -2.17. The van der Waals surface area contributed by atoms with Gasteiger partial charge in [0.25, 0.3) is 0 Å². The zero-order valence-electron chi connectivity index (χ0n) is 17.8. The van der Waals surface area contributed by atoms with E-state index in [1.54, 1.807) is 0 Å². The van der Waals surface area contributed by atoms with Gasteiger partial charge in [-0.2, -0.15) is 18.2 Å². The van der Waals surface area contributed by atoms with E-state index in [-0.39, 0.29) is 34.8 Å². The molecule has 5 nitrogen and oxygen atoms in total. The molecule has 0 spiro atoms. The van der Waals surface area contributed by atoms with Crippen molar-refractivity contribution in [1.29, 1.82) is 0 Å². The van der Waals surface area contributed by atoms with E-state index in [1.165, 1.54) is 37.3 Å². The summed E-state index contributed by atoms with van der Waals surface area (Å²) in [7, 11) is 0. The molecule has 2 N–H and O–H groups in total. The summed E-state index contributed by atoms with van der Waals surface area (Å²) in [5.41, 5.74) is -0.0924. The Kier molecular flexibility index (Phi) is 6.71. The normalized spacial score (nSPS) is 12.1. The van der Waals surface area contributed by atoms with Crippen LogP contribution in [0, 0.1) is 6.92 Å². The van der Waals surface area contributed by atoms with Gasteiger partial charge in [0.1, 0.15) is 11.6 Å². The molecule has 0 fully saturated rings. The Morgan fingerprint density at radius 2 is 1.61 bits per heavy atom. The van der Waals surface area contributed by atoms with Gasteiger partial charge in [0.05, 0.1) is 11.3 Å². The lowest BCUT2D eigenvalue weighted by molar-refractivity contribution is -0.274. The third kappa shape index (κ3) is 6.50. The molecule has 2 aromatic carbocycles. The number of halogens is 6. The maximum absolute atomic E-state index is 13.3. The van der Waals surface area contributed by atoms with Crippen molar-refractivity contribution in [2.75, 3.05) is 10.6 Å². The van der Waals surface area contributed by atoms with Gasteiger partial charge in [-0.05, 0) is 50.6 Å². The molecule has 3 rings (SSSR count). The average Bonchev–Trinajstić information content (AvgIpc) is 2.67. The van der Waals surface area contributed by atoms with Crippen molar-refractivity contribution >= 4 is 17.5 Å². The van der Waals surface area contributed by atoms with Crippen LogP contribution in [0.3, 0.4) is 0 Å². The zero-order chi connectivity index (χ0) is 24.4. The molecule has 0 saturated heterocycles. The van der Waals surface area contributed by atoms with Crippen molar-refractivity contribution in [3.63, 3.8) is 0 Å². The number of ether oxygens (including phenoxy) is 1. The molecule has 0 aliphatic heterocycles. The van der Waals surface area contributed by atoms with Crippen molar-refractivity contribution in [3.05, 3.63) is 59.7 Å². The third-order valence-corrected chi connectivity index (χ3v) is 4.41. The van der Waals surface area contributed by atoms with E-state index in [2.05, 4.69) is 25.3 Å². The van der Waals surface area contributed by atoms with Crippen molar-refractivity contribution in [2.45, 2.75) is 39.4 Å². The van der Waals surface area contributed by atoms with Crippen LogP contribution < -0.4 is 15.4 Å². The van der Waals surface area contributed by atoms with E-state index in [0.29, 0.717) is 5.56 Å². The third-order valence-electron chi connectivity index (χ3n) is 4.41. The first kappa shape index (κ1) is 24.1. The Bertz CT molecular complexity index is 1130. The predicted octanol–water partition coefficient (Wildman–Crippen LogP) is 6.93. The number of nitrogens with zero attached hydrogens (tertiary/aromatic N) is 2. The maximum atomic E-state index is 13.3. The highest BCUT2D eigenvalue weighted by Gasteiger charge is 2.33. The lowest BCUT2D eigenvalue weighted by atomic mass is 10.1. The van der Waals surface area contributed by atoms with Gasteiger partial charge < -0.3 is 15.4 Å². The fourth-order valence-electron chi connectivity index (χ4n) is 3.05. The number of benzene rings is 2. The fourth-order valence-corrected chi connectivity index (χ4v) is 3.05. The average molecular weight is 470 g/mol. The summed E-state index contributed by atoms with van der Waals surface area (Å²) in [4.78, 5) is 8.61. The van der Waals surface area contributed by atoms with Gasteiger partial charge in [0, 0.05) is 23.4 Å². The molecule has 0 atom stereocenters. The molecule has 1 aromatic heterocycles. The summed E-state index contributed by atoms with van der Waals surface area (Å²) in [5.74, 6) is -0.121. The van der Waals surface area contributed by atoms with Crippen LogP contribution in [-0.2, 0) is 6.18 Å². The summed E-state index contributed by atoms with van der Waals surface area (Å²) in [6, 6.07) is 10.3. The molecule has 0 bridgehead atoms. The van der Waals surface area contributed by atoms with Gasteiger partial charge in [-0.25, -0.2) is 4.98 Å². The Morgan fingerprint density at radius 1 is 0.909 bits per heavy atom. The van der Waals surface area contributed by atoms with Gasteiger partial charge in [-0.15, -0.1) is 13.2 Å². The fraction of sp³-hybridized carbons (Fsp3) is 0.273. The largest absolute Gasteiger partial charge is 0.573 e. The molecule has 3 aromatic rings. The molecule has 0 aliphatic carbocycles. The second-order valence-corrected chi connectivity index (χ2v) is 7.44. The van der Waals surface area contributed by atoms with E-state index < -0.39 is 23.9 Å². The van der Waals surface area contributed by atoms with E-state index in [4.69, 9.17) is 0 Å². The van der Waals surface area contributed by atoms with Crippen molar-refractivity contribution in [1.82, 2.24) is 9.97 Å². The smallest absolute Gasteiger partial charge is 0.406 e. The molecule has 0 aliphatic rings. The topological polar surface area (TPSA) is 59.1 Å². The minimum Gasteiger partial charge on any atom is -0.406 e. The summed E-state index contributed by atoms with van der Waals surface area (Å²) in [6.45, 7) is 4.99. The molecule has 0 radical (unpaired) electrons. The van der Waals surface area contributed by atoms with Crippen LogP contribution in [0.25, 0.3) is 11.3 Å². The molecule has 176 valence electrons. The number of aromatic nitrogens is 2. The number of hydrogen-bond acceptors (Lipinski definition) is 5. The standard InChI is InChI=1S/C22H20F6N4O/c1-12(2)29-20-31-18(14-6-4-7-15(10-14)33-22(26,27)28)11-19(32-20)30-17-9-5-8-16(13(17)3)21(23,24)25/h4-12H,1-3H3,(H2,29,30,31,32). The molecule has 11 heteroatoms. The van der Waals surface area contributed by atoms with E-state index in [1.807, 2.05) is 13.8 Å². The van der Waals surface area contributed by atoms with E-state index in [0.717, 1.165) is 18.2 Å². The minimum atomic E-state index is -4.86. The first-order valence-corrected chi connectivity index (χ1v) is 9.77. The molecular weight excluding hydrogens is 450 g/mol. The monoisotopic (exact) mass is 470 g/mol. The number of alkyl halides is 6. The Labute approximate surface area is 185 Å². The number of nitrogens with one attached hydrogen (secondary N) is 2. The second-order valence-electron chi connectivity index (χ2n) is 7.44. The van der Waals surface area contributed by atoms with Gasteiger partial charge in [0.15, 0.2) is 0 Å². The van der Waals surface area contributed by atoms with Crippen LogP contribution in [0.1, 0.15) is 25.0 Å². The highest BCUT2D eigenvalue weighted by Crippen LogP contribution is 2.36. The van der Waals surface area contributed by atoms with Crippen LogP contribution in [0.15, 0.2) is 48.5 Å². The number of hydrogen-bond donors (Lipinski definition) is 2. The van der Waals surface area contributed by atoms with Gasteiger partial charge in [0.2, 0.25) is 5.95 Å². The molecule has 1 heterocycles. The quantitative estimate of drug-likeness (QED) is 0.383. The summed E-state index contributed by atoms with van der Waals surface area (Å²) in [6.07, 6.45) is -9.38. The summed E-state index contributed by atoms with van der Waals surface area (Å²) < 4.78 is 81.5. The predicted molar refractivity (Wildman–Crippen MR) is 112 cm³/mol. The first-order valence-electron chi connectivity index (χ1n) is 9.77. The first-order chi connectivity index (χ1) is 15.3. The van der Waals surface area contributed by atoms with Crippen LogP contribution in [0.5, 0.6) is 5.75 Å². The summed E-state index contributed by atoms with van der Waals surface area (Å²) >= 11 is 0. The minimum absolute atomic E-state index is 0.0240. The van der Waals surface area contributed by atoms with Crippen LogP contribution in [0.4, 0.5) is 43.8 Å². The van der Waals surface area contributed by atoms with Crippen molar-refractivity contribution < 1.29 is 31.1 Å². The van der Waals surface area contributed by atoms with Gasteiger partial charge in [-0.1, -0.05) is 18.2 Å². The zero-order valence-corrected chi connectivity index (χ0v) is 17.8. The highest BCUT2D eigenvalue weighted by molar-refractivity contribution is 5.70. The summed E-state index contributed by atoms with van der Waals surface area (Å²) in [5, 5.41) is 5.85. The molecular formula is C22H20F6N4O. The molecule has 0 amide bonds. The van der Waals surface area contributed by atoms with Crippen molar-refractivity contribution in [2.24, 2.45) is 0 Å². The SMILES string of the molecule is Cc1c(Nc2cc(-c3cccc(OC(F)(F)F)c3)nc(NC(C)C)n2)cccc1C(F)(F)F. The van der Waals surface area contributed by atoms with Crippen LogP contribution >= 0.6 is 0 Å². The maximum Gasteiger partial charge on any atom is 0.573 e. The number of rotatable bonds is 6. The Hall–Kier alpha value is -3.50. The van der Waals surface area contributed by atoms with Crippen molar-refractivity contribution in [3.8, 4) is 17.0 Å². The molecule has 0 unspecified atom stereocenters. The van der Waals surface area contributed by atoms with E-state index >= 15 is 0 Å². The van der Waals surface area contributed by atoms with Crippen LogP contribution in [-0.4, -0.2) is 22.4 Å². The highest BCUT2D eigenvalue weighted by atomic mass is 19.4. The molecule has 33 heavy (non-hydrogen) atoms. The lowest BCUT2D eigenvalue weighted by Crippen LogP contribution is -2.17. The Morgan fingerprint density at radius 3 is 2.24 bits per heavy atom. The van der Waals surface area contributed by atoms with Gasteiger partial charge in [-0.3, -0.25) is 0 Å². The van der Waals surface area contributed by atoms with E-state index in [9.17, 15) is 26.3 Å².